The lowest BCUT2D eigenvalue weighted by atomic mass is 10.1. The number of aliphatic imine (C=N–C) groups is 1. The minimum absolute atomic E-state index is 0.813. The molecule has 68 valence electrons. The van der Waals surface area contributed by atoms with E-state index in [0.717, 1.165) is 29.3 Å². The number of aromatic nitrogens is 1. The molecule has 0 spiro atoms. The normalized spacial score (nSPS) is 25.1. The SMILES string of the molecule is C/C1=c2\nco\c2=C(/C)N=CCC1. The number of nitrogens with zero attached hydrogens (tertiary/aromatic N) is 2. The van der Waals surface area contributed by atoms with Crippen LogP contribution < -0.4 is 10.8 Å². The van der Waals surface area contributed by atoms with Crippen LogP contribution in [0.1, 0.15) is 26.7 Å². The highest BCUT2D eigenvalue weighted by atomic mass is 16.3. The molecule has 3 heteroatoms. The molecular formula is C10H12N2O. The Morgan fingerprint density at radius 3 is 3.08 bits per heavy atom. The molecule has 0 fully saturated rings. The first kappa shape index (κ1) is 8.23. The summed E-state index contributed by atoms with van der Waals surface area (Å²) < 4.78 is 5.29. The van der Waals surface area contributed by atoms with Crippen molar-refractivity contribution in [2.45, 2.75) is 26.7 Å². The van der Waals surface area contributed by atoms with Crippen molar-refractivity contribution >= 4 is 17.5 Å². The van der Waals surface area contributed by atoms with Crippen molar-refractivity contribution in [2.24, 2.45) is 4.99 Å². The van der Waals surface area contributed by atoms with Gasteiger partial charge in [-0.25, -0.2) is 4.98 Å². The highest BCUT2D eigenvalue weighted by Gasteiger charge is 2.02. The maximum absolute atomic E-state index is 5.29. The Bertz CT molecular complexity index is 454. The van der Waals surface area contributed by atoms with Crippen molar-refractivity contribution in [3.05, 3.63) is 17.2 Å². The van der Waals surface area contributed by atoms with Crippen LogP contribution in [0.15, 0.2) is 15.8 Å². The fourth-order valence-electron chi connectivity index (χ4n) is 1.47. The zero-order valence-corrected chi connectivity index (χ0v) is 7.87. The lowest BCUT2D eigenvalue weighted by molar-refractivity contribution is 0.520. The third kappa shape index (κ3) is 1.41. The molecule has 0 aliphatic carbocycles. The second-order valence-corrected chi connectivity index (χ2v) is 3.25. The van der Waals surface area contributed by atoms with Crippen molar-refractivity contribution in [1.29, 1.82) is 0 Å². The predicted octanol–water partition coefficient (Wildman–Crippen LogP) is 0.838. The third-order valence-electron chi connectivity index (χ3n) is 2.23. The van der Waals surface area contributed by atoms with Gasteiger partial charge in [-0.1, -0.05) is 0 Å². The summed E-state index contributed by atoms with van der Waals surface area (Å²) >= 11 is 0. The van der Waals surface area contributed by atoms with Crippen LogP contribution >= 0.6 is 0 Å². The Kier molecular flexibility index (Phi) is 2.00. The summed E-state index contributed by atoms with van der Waals surface area (Å²) in [5.74, 6) is 0. The smallest absolute Gasteiger partial charge is 0.182 e. The Balaban J connectivity index is 2.86. The molecule has 3 nitrogen and oxygen atoms in total. The van der Waals surface area contributed by atoms with Gasteiger partial charge >= 0.3 is 0 Å². The first-order valence-electron chi connectivity index (χ1n) is 4.42. The van der Waals surface area contributed by atoms with Crippen LogP contribution in [-0.4, -0.2) is 11.2 Å². The van der Waals surface area contributed by atoms with Crippen molar-refractivity contribution < 1.29 is 4.42 Å². The number of hydrogen-bond donors (Lipinski definition) is 0. The van der Waals surface area contributed by atoms with E-state index < -0.39 is 0 Å². The fourth-order valence-corrected chi connectivity index (χ4v) is 1.47. The van der Waals surface area contributed by atoms with Gasteiger partial charge in [-0.15, -0.1) is 0 Å². The molecule has 0 saturated carbocycles. The van der Waals surface area contributed by atoms with Crippen molar-refractivity contribution in [1.82, 2.24) is 4.98 Å². The minimum Gasteiger partial charge on any atom is -0.442 e. The topological polar surface area (TPSA) is 38.4 Å². The van der Waals surface area contributed by atoms with Crippen LogP contribution in [0, 0.1) is 0 Å². The molecule has 1 aromatic rings. The average molecular weight is 176 g/mol. The molecule has 1 aliphatic rings. The van der Waals surface area contributed by atoms with Crippen LogP contribution in [-0.2, 0) is 0 Å². The summed E-state index contributed by atoms with van der Waals surface area (Å²) in [4.78, 5) is 8.47. The van der Waals surface area contributed by atoms with Crippen LogP contribution in [0.2, 0.25) is 0 Å². The van der Waals surface area contributed by atoms with Crippen LogP contribution in [0.4, 0.5) is 0 Å². The van der Waals surface area contributed by atoms with E-state index in [2.05, 4.69) is 16.9 Å². The lowest BCUT2D eigenvalue weighted by Gasteiger charge is -1.98. The van der Waals surface area contributed by atoms with E-state index in [-0.39, 0.29) is 0 Å². The Morgan fingerprint density at radius 2 is 2.23 bits per heavy atom. The molecule has 2 rings (SSSR count). The van der Waals surface area contributed by atoms with E-state index in [1.54, 1.807) is 0 Å². The molecule has 1 aromatic heterocycles. The van der Waals surface area contributed by atoms with Crippen LogP contribution in [0.25, 0.3) is 11.3 Å². The Hall–Kier alpha value is -1.38. The molecule has 0 atom stereocenters. The fraction of sp³-hybridized carbons (Fsp3) is 0.400. The maximum atomic E-state index is 5.29. The van der Waals surface area contributed by atoms with Gasteiger partial charge < -0.3 is 4.42 Å². The van der Waals surface area contributed by atoms with Crippen molar-refractivity contribution in [3.63, 3.8) is 0 Å². The largest absolute Gasteiger partial charge is 0.442 e. The summed E-state index contributed by atoms with van der Waals surface area (Å²) in [5.41, 5.74) is 2.99. The molecule has 13 heavy (non-hydrogen) atoms. The quantitative estimate of drug-likeness (QED) is 0.587. The van der Waals surface area contributed by atoms with Gasteiger partial charge in [0.25, 0.3) is 0 Å². The number of fused-ring (bicyclic) bond motifs is 1. The van der Waals surface area contributed by atoms with Gasteiger partial charge in [-0.2, -0.15) is 0 Å². The Morgan fingerprint density at radius 1 is 1.38 bits per heavy atom. The van der Waals surface area contributed by atoms with Gasteiger partial charge in [-0.3, -0.25) is 4.99 Å². The zero-order chi connectivity index (χ0) is 9.26. The molecule has 0 saturated heterocycles. The standard InChI is InChI=1S/C10H12N2O/c1-7-4-3-5-11-8(2)10-9(7)12-6-13-10/h5-6H,3-4H2,1-2H3/b9-7+,10-8+,11-5?. The summed E-state index contributed by atoms with van der Waals surface area (Å²) in [6.07, 6.45) is 5.41. The first-order valence-corrected chi connectivity index (χ1v) is 4.42. The van der Waals surface area contributed by atoms with Gasteiger partial charge in [0, 0.05) is 6.21 Å². The van der Waals surface area contributed by atoms with E-state index in [9.17, 15) is 0 Å². The highest BCUT2D eigenvalue weighted by Crippen LogP contribution is 2.03. The molecule has 0 bridgehead atoms. The summed E-state index contributed by atoms with van der Waals surface area (Å²) in [6.45, 7) is 4.03. The molecule has 2 heterocycles. The first-order chi connectivity index (χ1) is 6.29. The number of hydrogen-bond acceptors (Lipinski definition) is 3. The third-order valence-corrected chi connectivity index (χ3v) is 2.23. The van der Waals surface area contributed by atoms with Gasteiger partial charge in [0.1, 0.15) is 5.35 Å². The van der Waals surface area contributed by atoms with E-state index in [1.165, 1.54) is 12.0 Å². The monoisotopic (exact) mass is 176 g/mol. The second-order valence-electron chi connectivity index (χ2n) is 3.25. The van der Waals surface area contributed by atoms with E-state index in [4.69, 9.17) is 4.42 Å². The van der Waals surface area contributed by atoms with Gasteiger partial charge in [0.05, 0.1) is 5.70 Å². The molecule has 0 N–H and O–H groups in total. The summed E-state index contributed by atoms with van der Waals surface area (Å²) in [7, 11) is 0. The van der Waals surface area contributed by atoms with Crippen molar-refractivity contribution in [2.75, 3.05) is 0 Å². The average Bonchev–Trinajstić information content (AvgIpc) is 2.57. The molecule has 0 unspecified atom stereocenters. The van der Waals surface area contributed by atoms with E-state index >= 15 is 0 Å². The summed E-state index contributed by atoms with van der Waals surface area (Å²) in [6, 6.07) is 0. The van der Waals surface area contributed by atoms with Crippen molar-refractivity contribution in [3.8, 4) is 0 Å². The minimum atomic E-state index is 0.813. The van der Waals surface area contributed by atoms with E-state index in [0.29, 0.717) is 0 Å². The van der Waals surface area contributed by atoms with Crippen LogP contribution in [0.3, 0.4) is 0 Å². The number of oxazole rings is 1. The van der Waals surface area contributed by atoms with Gasteiger partial charge in [0.2, 0.25) is 0 Å². The Labute approximate surface area is 76.5 Å². The maximum Gasteiger partial charge on any atom is 0.182 e. The number of rotatable bonds is 0. The molecule has 0 aromatic carbocycles. The zero-order valence-electron chi connectivity index (χ0n) is 7.87. The van der Waals surface area contributed by atoms with Gasteiger partial charge in [0.15, 0.2) is 11.8 Å². The molecule has 1 aliphatic heterocycles. The molecule has 0 amide bonds. The summed E-state index contributed by atoms with van der Waals surface area (Å²) in [5, 5.41) is 0.967. The second kappa shape index (κ2) is 3.17. The molecule has 0 radical (unpaired) electrons. The van der Waals surface area contributed by atoms with E-state index in [1.807, 2.05) is 13.1 Å². The van der Waals surface area contributed by atoms with Crippen LogP contribution in [0.5, 0.6) is 0 Å². The van der Waals surface area contributed by atoms with Gasteiger partial charge in [-0.05, 0) is 32.3 Å². The lowest BCUT2D eigenvalue weighted by Crippen LogP contribution is -2.27. The highest BCUT2D eigenvalue weighted by molar-refractivity contribution is 5.67. The predicted molar refractivity (Wildman–Crippen MR) is 51.6 cm³/mol. The molecular weight excluding hydrogens is 164 g/mol.